The molecule has 1 aliphatic rings. The Kier molecular flexibility index (Phi) is 3.88. The number of H-pyrrole nitrogens is 1. The van der Waals surface area contributed by atoms with E-state index in [1.54, 1.807) is 6.20 Å². The number of nitrogens with one attached hydrogen (secondary N) is 1. The van der Waals surface area contributed by atoms with Crippen LogP contribution in [0.1, 0.15) is 18.2 Å². The molecule has 0 saturated carbocycles. The van der Waals surface area contributed by atoms with Crippen molar-refractivity contribution < 1.29 is 14.9 Å². The molecule has 3 N–H and O–H groups in total. The van der Waals surface area contributed by atoms with Crippen molar-refractivity contribution in [3.05, 3.63) is 45.0 Å². The molecule has 1 fully saturated rings. The Hall–Kier alpha value is -2.30. The molecule has 3 heterocycles. The summed E-state index contributed by atoms with van der Waals surface area (Å²) in [4.78, 5) is 26.0. The highest BCUT2D eigenvalue weighted by molar-refractivity contribution is 5.05. The molecule has 2 aromatic heterocycles. The van der Waals surface area contributed by atoms with Crippen molar-refractivity contribution in [3.8, 4) is 0 Å². The average Bonchev–Trinajstić information content (AvgIpc) is 3.11. The summed E-state index contributed by atoms with van der Waals surface area (Å²) in [6.45, 7) is -0.199. The number of aliphatic hydroxyl groups excluding tert-OH is 2. The maximum Gasteiger partial charge on any atom is 0.330 e. The Labute approximate surface area is 123 Å². The number of aromatic nitrogens is 5. The van der Waals surface area contributed by atoms with Crippen LogP contribution < -0.4 is 11.2 Å². The fraction of sp³-hybridized carbons (Fsp3) is 0.500. The van der Waals surface area contributed by atoms with Crippen LogP contribution in [0.5, 0.6) is 0 Å². The van der Waals surface area contributed by atoms with E-state index in [0.29, 0.717) is 5.56 Å². The molecule has 0 spiro atoms. The van der Waals surface area contributed by atoms with E-state index in [9.17, 15) is 14.7 Å². The third-order valence-electron chi connectivity index (χ3n) is 3.54. The summed E-state index contributed by atoms with van der Waals surface area (Å²) in [7, 11) is 0. The first kappa shape index (κ1) is 14.6. The second-order valence-corrected chi connectivity index (χ2v) is 5.04. The Morgan fingerprint density at radius 1 is 1.45 bits per heavy atom. The van der Waals surface area contributed by atoms with Gasteiger partial charge < -0.3 is 14.9 Å². The van der Waals surface area contributed by atoms with Gasteiger partial charge in [-0.05, 0) is 0 Å². The zero-order chi connectivity index (χ0) is 15.7. The van der Waals surface area contributed by atoms with E-state index in [1.807, 2.05) is 0 Å². The van der Waals surface area contributed by atoms with Gasteiger partial charge in [0.1, 0.15) is 12.3 Å². The monoisotopic (exact) mass is 309 g/mol. The Bertz CT molecular complexity index is 752. The van der Waals surface area contributed by atoms with Crippen LogP contribution in [0.4, 0.5) is 0 Å². The summed E-state index contributed by atoms with van der Waals surface area (Å²) in [5.41, 5.74) is -0.854. The van der Waals surface area contributed by atoms with Gasteiger partial charge in [-0.3, -0.25) is 14.3 Å². The van der Waals surface area contributed by atoms with Crippen LogP contribution in [0.25, 0.3) is 0 Å². The Morgan fingerprint density at radius 3 is 2.91 bits per heavy atom. The Balaban J connectivity index is 1.92. The molecule has 0 aromatic carbocycles. The maximum absolute atomic E-state index is 11.9. The molecule has 1 saturated heterocycles. The van der Waals surface area contributed by atoms with Gasteiger partial charge in [-0.25, -0.2) is 9.48 Å². The summed E-state index contributed by atoms with van der Waals surface area (Å²) >= 11 is 0. The van der Waals surface area contributed by atoms with E-state index in [1.165, 1.54) is 21.6 Å². The number of nitrogens with zero attached hydrogens (tertiary/aromatic N) is 4. The lowest BCUT2D eigenvalue weighted by Gasteiger charge is -2.15. The zero-order valence-corrected chi connectivity index (χ0v) is 11.5. The first-order chi connectivity index (χ1) is 10.6. The van der Waals surface area contributed by atoms with Crippen molar-refractivity contribution in [3.63, 3.8) is 0 Å². The first-order valence-corrected chi connectivity index (χ1v) is 6.71. The molecule has 0 unspecified atom stereocenters. The molecule has 2 aromatic rings. The third kappa shape index (κ3) is 2.71. The predicted octanol–water partition coefficient (Wildman–Crippen LogP) is -2.18. The van der Waals surface area contributed by atoms with Gasteiger partial charge in [0.25, 0.3) is 5.56 Å². The minimum atomic E-state index is -0.868. The number of ether oxygens (including phenoxy) is 1. The number of rotatable bonds is 4. The van der Waals surface area contributed by atoms with Crippen LogP contribution >= 0.6 is 0 Å². The predicted molar refractivity (Wildman–Crippen MR) is 72.1 cm³/mol. The van der Waals surface area contributed by atoms with Crippen molar-refractivity contribution >= 4 is 0 Å². The largest absolute Gasteiger partial charge is 0.394 e. The summed E-state index contributed by atoms with van der Waals surface area (Å²) in [6.07, 6.45) is 2.24. The minimum absolute atomic E-state index is 0.147. The van der Waals surface area contributed by atoms with Crippen molar-refractivity contribution in [2.24, 2.45) is 0 Å². The number of aromatic amines is 1. The smallest absolute Gasteiger partial charge is 0.330 e. The van der Waals surface area contributed by atoms with Gasteiger partial charge in [0.2, 0.25) is 0 Å². The van der Waals surface area contributed by atoms with Crippen LogP contribution in [0.3, 0.4) is 0 Å². The van der Waals surface area contributed by atoms with Crippen LogP contribution in [-0.4, -0.2) is 53.6 Å². The standard InChI is InChI=1S/C12H15N5O5/c18-6-9-8(19)3-10(22-9)17-5-7(11(20)14-12(17)21)4-16-2-1-13-15-16/h1-2,5,8-10,18-19H,3-4,6H2,(H,14,20,21)/t8-,9+,10+/m0/s1. The normalized spacial score (nSPS) is 24.7. The van der Waals surface area contributed by atoms with Gasteiger partial charge in [0, 0.05) is 18.8 Å². The lowest BCUT2D eigenvalue weighted by atomic mass is 10.2. The first-order valence-electron chi connectivity index (χ1n) is 6.71. The summed E-state index contributed by atoms with van der Waals surface area (Å²) in [5.74, 6) is 0. The van der Waals surface area contributed by atoms with Crippen LogP contribution in [0, 0.1) is 0 Å². The van der Waals surface area contributed by atoms with Gasteiger partial charge in [-0.2, -0.15) is 0 Å². The second-order valence-electron chi connectivity index (χ2n) is 5.04. The van der Waals surface area contributed by atoms with Gasteiger partial charge in [-0.1, -0.05) is 5.21 Å². The molecular weight excluding hydrogens is 294 g/mol. The topological polar surface area (TPSA) is 135 Å². The third-order valence-corrected chi connectivity index (χ3v) is 3.54. The fourth-order valence-electron chi connectivity index (χ4n) is 2.40. The summed E-state index contributed by atoms with van der Waals surface area (Å²) < 4.78 is 8.07. The van der Waals surface area contributed by atoms with E-state index in [-0.39, 0.29) is 19.6 Å². The van der Waals surface area contributed by atoms with Gasteiger partial charge >= 0.3 is 5.69 Å². The quantitative estimate of drug-likeness (QED) is 0.584. The lowest BCUT2D eigenvalue weighted by Crippen LogP contribution is -2.34. The van der Waals surface area contributed by atoms with Crippen LogP contribution in [0.15, 0.2) is 28.2 Å². The molecule has 10 nitrogen and oxygen atoms in total. The Morgan fingerprint density at radius 2 is 2.27 bits per heavy atom. The van der Waals surface area contributed by atoms with E-state index in [0.717, 1.165) is 0 Å². The molecule has 22 heavy (non-hydrogen) atoms. The van der Waals surface area contributed by atoms with E-state index >= 15 is 0 Å². The van der Waals surface area contributed by atoms with Crippen molar-refractivity contribution in [2.75, 3.05) is 6.61 Å². The lowest BCUT2D eigenvalue weighted by molar-refractivity contribution is -0.0460. The molecule has 10 heteroatoms. The molecular formula is C12H15N5O5. The van der Waals surface area contributed by atoms with Gasteiger partial charge in [0.15, 0.2) is 0 Å². The van der Waals surface area contributed by atoms with Crippen LogP contribution in [-0.2, 0) is 11.3 Å². The molecule has 0 amide bonds. The molecule has 0 radical (unpaired) electrons. The molecule has 118 valence electrons. The maximum atomic E-state index is 11.9. The second kappa shape index (κ2) is 5.83. The molecule has 1 aliphatic heterocycles. The molecule has 0 bridgehead atoms. The van der Waals surface area contributed by atoms with E-state index in [2.05, 4.69) is 15.3 Å². The van der Waals surface area contributed by atoms with Gasteiger partial charge in [-0.15, -0.1) is 5.10 Å². The van der Waals surface area contributed by atoms with Crippen molar-refractivity contribution in [1.82, 2.24) is 24.5 Å². The fourth-order valence-corrected chi connectivity index (χ4v) is 2.40. The number of hydrogen-bond acceptors (Lipinski definition) is 7. The van der Waals surface area contributed by atoms with E-state index in [4.69, 9.17) is 9.84 Å². The zero-order valence-electron chi connectivity index (χ0n) is 11.5. The number of aliphatic hydroxyl groups is 2. The average molecular weight is 309 g/mol. The summed E-state index contributed by atoms with van der Waals surface area (Å²) in [6, 6.07) is 0. The number of hydrogen-bond donors (Lipinski definition) is 3. The van der Waals surface area contributed by atoms with E-state index < -0.39 is 29.7 Å². The molecule has 0 aliphatic carbocycles. The van der Waals surface area contributed by atoms with Gasteiger partial charge in [0.05, 0.1) is 31.0 Å². The highest BCUT2D eigenvalue weighted by Crippen LogP contribution is 2.27. The highest BCUT2D eigenvalue weighted by Gasteiger charge is 2.35. The van der Waals surface area contributed by atoms with Crippen molar-refractivity contribution in [1.29, 1.82) is 0 Å². The molecule has 3 rings (SSSR count). The summed E-state index contributed by atoms with van der Waals surface area (Å²) in [5, 5.41) is 26.2. The minimum Gasteiger partial charge on any atom is -0.394 e. The molecule has 3 atom stereocenters. The van der Waals surface area contributed by atoms with Crippen molar-refractivity contribution in [2.45, 2.75) is 31.4 Å². The van der Waals surface area contributed by atoms with Crippen LogP contribution in [0.2, 0.25) is 0 Å². The SMILES string of the molecule is O=c1[nH]c(=O)n([C@H]2C[C@H](O)[C@@H](CO)O2)cc1Cn1ccnn1. The highest BCUT2D eigenvalue weighted by atomic mass is 16.5.